The van der Waals surface area contributed by atoms with E-state index in [1.54, 1.807) is 46.0 Å². The summed E-state index contributed by atoms with van der Waals surface area (Å²) in [6, 6.07) is 21.0. The maximum absolute atomic E-state index is 13.7. The van der Waals surface area contributed by atoms with Crippen LogP contribution in [0.5, 0.6) is 0 Å². The highest BCUT2D eigenvalue weighted by atomic mass is 35.5. The van der Waals surface area contributed by atoms with E-state index in [0.29, 0.717) is 33.5 Å². The standard InChI is InChI=1S/C26H17Cl2FN4O/c27-19-8-5-16(6-9-19)25-21(11-12-30)24(31-33(25)23-4-2-1-3-22(23)28)26(34)32-14-17-7-10-20(29)13-18(17)15-32/h1-10,13H,11,14-15H2. The van der Waals surface area contributed by atoms with Crippen LogP contribution >= 0.6 is 23.2 Å². The minimum atomic E-state index is -0.341. The fourth-order valence-corrected chi connectivity index (χ4v) is 4.57. The summed E-state index contributed by atoms with van der Waals surface area (Å²) in [5.41, 5.74) is 4.24. The maximum atomic E-state index is 13.7. The largest absolute Gasteiger partial charge is 0.329 e. The number of amides is 1. The quantitative estimate of drug-likeness (QED) is 0.341. The molecule has 4 aromatic rings. The Morgan fingerprint density at radius 1 is 1.03 bits per heavy atom. The van der Waals surface area contributed by atoms with Crippen molar-refractivity contribution >= 4 is 29.1 Å². The molecule has 1 aliphatic rings. The third-order valence-electron chi connectivity index (χ3n) is 5.82. The second-order valence-corrected chi connectivity index (χ2v) is 8.80. The zero-order chi connectivity index (χ0) is 23.8. The molecule has 2 heterocycles. The molecule has 0 aliphatic carbocycles. The van der Waals surface area contributed by atoms with Crippen molar-refractivity contribution in [2.24, 2.45) is 0 Å². The van der Waals surface area contributed by atoms with Gasteiger partial charge in [0.05, 0.1) is 28.9 Å². The Balaban J connectivity index is 1.67. The molecule has 3 aromatic carbocycles. The Hall–Kier alpha value is -3.66. The van der Waals surface area contributed by atoms with Gasteiger partial charge in [0, 0.05) is 29.2 Å². The van der Waals surface area contributed by atoms with Gasteiger partial charge in [0.2, 0.25) is 0 Å². The highest BCUT2D eigenvalue weighted by Gasteiger charge is 2.31. The molecule has 5 rings (SSSR count). The van der Waals surface area contributed by atoms with Crippen LogP contribution in [0.15, 0.2) is 66.7 Å². The van der Waals surface area contributed by atoms with Crippen molar-refractivity contribution in [3.05, 3.63) is 105 Å². The minimum absolute atomic E-state index is 0.0289. The van der Waals surface area contributed by atoms with Crippen molar-refractivity contribution < 1.29 is 9.18 Å². The van der Waals surface area contributed by atoms with E-state index in [9.17, 15) is 14.4 Å². The topological polar surface area (TPSA) is 61.9 Å². The summed E-state index contributed by atoms with van der Waals surface area (Å²) in [5.74, 6) is -0.672. The molecule has 0 saturated heterocycles. The summed E-state index contributed by atoms with van der Waals surface area (Å²) in [5, 5.41) is 15.3. The molecule has 0 saturated carbocycles. The lowest BCUT2D eigenvalue weighted by atomic mass is 10.0. The van der Waals surface area contributed by atoms with Gasteiger partial charge in [0.25, 0.3) is 5.91 Å². The van der Waals surface area contributed by atoms with Crippen molar-refractivity contribution in [3.8, 4) is 23.0 Å². The number of halogens is 3. The van der Waals surface area contributed by atoms with Gasteiger partial charge in [0.15, 0.2) is 5.69 Å². The van der Waals surface area contributed by atoms with Crippen molar-refractivity contribution in [2.45, 2.75) is 19.5 Å². The van der Waals surface area contributed by atoms with E-state index in [2.05, 4.69) is 11.2 Å². The first-order valence-corrected chi connectivity index (χ1v) is 11.3. The zero-order valence-corrected chi connectivity index (χ0v) is 19.3. The molecule has 0 bridgehead atoms. The highest BCUT2D eigenvalue weighted by molar-refractivity contribution is 6.32. The van der Waals surface area contributed by atoms with Gasteiger partial charge in [-0.05, 0) is 47.5 Å². The summed E-state index contributed by atoms with van der Waals surface area (Å²) < 4.78 is 15.3. The number of rotatable bonds is 4. The molecule has 168 valence electrons. The van der Waals surface area contributed by atoms with Crippen LogP contribution in [0.2, 0.25) is 10.0 Å². The van der Waals surface area contributed by atoms with Crippen LogP contribution in [0, 0.1) is 17.1 Å². The summed E-state index contributed by atoms with van der Waals surface area (Å²) in [7, 11) is 0. The van der Waals surface area contributed by atoms with Gasteiger partial charge in [0.1, 0.15) is 5.82 Å². The molecule has 34 heavy (non-hydrogen) atoms. The molecular formula is C26H17Cl2FN4O. The normalized spacial score (nSPS) is 12.5. The van der Waals surface area contributed by atoms with Crippen LogP contribution in [0.1, 0.15) is 27.2 Å². The number of carbonyl (C=O) groups excluding carboxylic acids is 1. The molecule has 8 heteroatoms. The monoisotopic (exact) mass is 490 g/mol. The number of fused-ring (bicyclic) bond motifs is 1. The van der Waals surface area contributed by atoms with Crippen LogP contribution in [-0.2, 0) is 19.5 Å². The van der Waals surface area contributed by atoms with Crippen LogP contribution in [-0.4, -0.2) is 20.6 Å². The van der Waals surface area contributed by atoms with E-state index in [1.807, 2.05) is 18.2 Å². The lowest BCUT2D eigenvalue weighted by Gasteiger charge is -2.14. The Bertz CT molecular complexity index is 1460. The summed E-state index contributed by atoms with van der Waals surface area (Å²) >= 11 is 12.6. The molecule has 0 fully saturated rings. The maximum Gasteiger partial charge on any atom is 0.275 e. The van der Waals surface area contributed by atoms with E-state index in [1.165, 1.54) is 12.1 Å². The first-order chi connectivity index (χ1) is 16.5. The first kappa shape index (κ1) is 22.1. The van der Waals surface area contributed by atoms with Crippen LogP contribution in [0.25, 0.3) is 16.9 Å². The smallest absolute Gasteiger partial charge is 0.275 e. The van der Waals surface area contributed by atoms with Crippen LogP contribution in [0.4, 0.5) is 4.39 Å². The van der Waals surface area contributed by atoms with Crippen molar-refractivity contribution in [3.63, 3.8) is 0 Å². The molecule has 1 aromatic heterocycles. The Morgan fingerprint density at radius 3 is 2.50 bits per heavy atom. The van der Waals surface area contributed by atoms with Gasteiger partial charge >= 0.3 is 0 Å². The fourth-order valence-electron chi connectivity index (χ4n) is 4.23. The van der Waals surface area contributed by atoms with Crippen LogP contribution < -0.4 is 0 Å². The second kappa shape index (κ2) is 8.94. The van der Waals surface area contributed by atoms with E-state index >= 15 is 0 Å². The molecule has 0 N–H and O–H groups in total. The number of nitriles is 1. The molecule has 1 amide bonds. The molecule has 0 radical (unpaired) electrons. The number of carbonyl (C=O) groups is 1. The Morgan fingerprint density at radius 2 is 1.76 bits per heavy atom. The Labute approximate surface area is 205 Å². The average Bonchev–Trinajstić information content (AvgIpc) is 3.41. The van der Waals surface area contributed by atoms with E-state index in [4.69, 9.17) is 23.2 Å². The highest BCUT2D eigenvalue weighted by Crippen LogP contribution is 2.34. The average molecular weight is 491 g/mol. The number of nitrogens with zero attached hydrogens (tertiary/aromatic N) is 4. The summed E-state index contributed by atoms with van der Waals surface area (Å²) in [4.78, 5) is 15.3. The SMILES string of the molecule is N#CCc1c(C(=O)N2Cc3ccc(F)cc3C2)nn(-c2ccccc2Cl)c1-c1ccc(Cl)cc1. The van der Waals surface area contributed by atoms with Gasteiger partial charge in [-0.15, -0.1) is 0 Å². The van der Waals surface area contributed by atoms with Gasteiger partial charge < -0.3 is 4.90 Å². The van der Waals surface area contributed by atoms with Gasteiger partial charge in [-0.2, -0.15) is 10.4 Å². The number of benzene rings is 3. The predicted molar refractivity (Wildman–Crippen MR) is 128 cm³/mol. The van der Waals surface area contributed by atoms with Gasteiger partial charge in [-0.1, -0.05) is 53.5 Å². The molecule has 0 unspecified atom stereocenters. The lowest BCUT2D eigenvalue weighted by Crippen LogP contribution is -2.26. The molecule has 1 aliphatic heterocycles. The van der Waals surface area contributed by atoms with Crippen LogP contribution in [0.3, 0.4) is 0 Å². The minimum Gasteiger partial charge on any atom is -0.329 e. The van der Waals surface area contributed by atoms with E-state index < -0.39 is 0 Å². The predicted octanol–water partition coefficient (Wildman–Crippen LogP) is 6.21. The Kier molecular flexibility index (Phi) is 5.82. The fraction of sp³-hybridized carbons (Fsp3) is 0.115. The zero-order valence-electron chi connectivity index (χ0n) is 17.8. The number of hydrogen-bond donors (Lipinski definition) is 0. The van der Waals surface area contributed by atoms with Crippen molar-refractivity contribution in [1.29, 1.82) is 5.26 Å². The van der Waals surface area contributed by atoms with Crippen molar-refractivity contribution in [1.82, 2.24) is 14.7 Å². The van der Waals surface area contributed by atoms with Gasteiger partial charge in [-0.3, -0.25) is 4.79 Å². The third-order valence-corrected chi connectivity index (χ3v) is 6.39. The number of hydrogen-bond acceptors (Lipinski definition) is 3. The molecule has 0 spiro atoms. The second-order valence-electron chi connectivity index (χ2n) is 7.96. The molecular weight excluding hydrogens is 474 g/mol. The van der Waals surface area contributed by atoms with Gasteiger partial charge in [-0.25, -0.2) is 9.07 Å². The molecule has 0 atom stereocenters. The van der Waals surface area contributed by atoms with E-state index in [-0.39, 0.29) is 30.4 Å². The number of para-hydroxylation sites is 1. The lowest BCUT2D eigenvalue weighted by molar-refractivity contribution is 0.0744. The van der Waals surface area contributed by atoms with Crippen molar-refractivity contribution in [2.75, 3.05) is 0 Å². The molecule has 5 nitrogen and oxygen atoms in total. The number of aromatic nitrogens is 2. The summed E-state index contributed by atoms with van der Waals surface area (Å²) in [6.07, 6.45) is -0.0289. The first-order valence-electron chi connectivity index (χ1n) is 10.5. The van der Waals surface area contributed by atoms with E-state index in [0.717, 1.165) is 16.7 Å². The third kappa shape index (κ3) is 3.94. The summed E-state index contributed by atoms with van der Waals surface area (Å²) in [6.45, 7) is 0.614.